The van der Waals surface area contributed by atoms with E-state index in [1.807, 2.05) is 42.5 Å². The fourth-order valence-electron chi connectivity index (χ4n) is 1.77. The molecule has 3 heteroatoms. The van der Waals surface area contributed by atoms with Crippen LogP contribution in [0.1, 0.15) is 29.3 Å². The molecular formula is C15H17N2O+. The number of nitrogens with zero attached hydrogens (tertiary/aromatic N) is 1. The molecule has 92 valence electrons. The summed E-state index contributed by atoms with van der Waals surface area (Å²) in [5.41, 5.74) is 4.73. The van der Waals surface area contributed by atoms with Gasteiger partial charge in [-0.3, -0.25) is 4.79 Å². The number of carbonyl (C=O) groups excluding carboxylic acids is 1. The van der Waals surface area contributed by atoms with Crippen LogP contribution in [-0.4, -0.2) is 5.91 Å². The lowest BCUT2D eigenvalue weighted by molar-refractivity contribution is -0.641. The van der Waals surface area contributed by atoms with E-state index in [9.17, 15) is 4.79 Å². The van der Waals surface area contributed by atoms with E-state index in [1.165, 1.54) is 5.56 Å². The Labute approximate surface area is 107 Å². The third-order valence-electron chi connectivity index (χ3n) is 2.70. The second-order valence-electron chi connectivity index (χ2n) is 4.17. The molecular weight excluding hydrogens is 224 g/mol. The summed E-state index contributed by atoms with van der Waals surface area (Å²) in [6, 6.07) is 13.4. The molecule has 2 aromatic rings. The standard InChI is InChI=1S/C15H16N2O/c1-2-6-13-7-9-14(10-8-13)15(18)16-17-11-4-3-5-12-17/h3-5,7-12H,2,6H2,1H3/p+1. The van der Waals surface area contributed by atoms with Crippen LogP contribution < -0.4 is 10.1 Å². The van der Waals surface area contributed by atoms with Gasteiger partial charge in [-0.25, -0.2) is 0 Å². The summed E-state index contributed by atoms with van der Waals surface area (Å²) >= 11 is 0. The molecule has 0 spiro atoms. The first kappa shape index (κ1) is 12.3. The largest absolute Gasteiger partial charge is 0.305 e. The molecule has 0 aliphatic heterocycles. The number of amides is 1. The van der Waals surface area contributed by atoms with Crippen molar-refractivity contribution in [2.75, 3.05) is 5.43 Å². The number of aryl methyl sites for hydroxylation is 1. The number of hydrogen-bond acceptors (Lipinski definition) is 1. The van der Waals surface area contributed by atoms with Gasteiger partial charge in [0.1, 0.15) is 0 Å². The van der Waals surface area contributed by atoms with Crippen molar-refractivity contribution in [3.8, 4) is 0 Å². The minimum atomic E-state index is -0.103. The van der Waals surface area contributed by atoms with Gasteiger partial charge in [-0.05, 0) is 24.1 Å². The quantitative estimate of drug-likeness (QED) is 0.819. The summed E-state index contributed by atoms with van der Waals surface area (Å²) in [6.07, 6.45) is 5.76. The number of aromatic nitrogens is 1. The van der Waals surface area contributed by atoms with Crippen LogP contribution >= 0.6 is 0 Å². The topological polar surface area (TPSA) is 33.0 Å². The fraction of sp³-hybridized carbons (Fsp3) is 0.200. The first-order valence-electron chi connectivity index (χ1n) is 6.16. The van der Waals surface area contributed by atoms with E-state index in [1.54, 1.807) is 17.1 Å². The summed E-state index contributed by atoms with van der Waals surface area (Å²) in [4.78, 5) is 12.0. The van der Waals surface area contributed by atoms with Crippen molar-refractivity contribution in [2.24, 2.45) is 0 Å². The molecule has 0 unspecified atom stereocenters. The highest BCUT2D eigenvalue weighted by atomic mass is 16.2. The van der Waals surface area contributed by atoms with Crippen LogP contribution in [0, 0.1) is 0 Å². The van der Waals surface area contributed by atoms with Crippen LogP contribution in [0.15, 0.2) is 54.9 Å². The Kier molecular flexibility index (Phi) is 4.07. The molecule has 1 N–H and O–H groups in total. The summed E-state index contributed by atoms with van der Waals surface area (Å²) in [6.45, 7) is 2.15. The minimum Gasteiger partial charge on any atom is -0.264 e. The maximum atomic E-state index is 12.0. The SMILES string of the molecule is CCCc1ccc(C(=O)N[n+]2ccccc2)cc1. The Morgan fingerprint density at radius 2 is 1.78 bits per heavy atom. The Bertz CT molecular complexity index is 506. The van der Waals surface area contributed by atoms with Crippen LogP contribution in [0.2, 0.25) is 0 Å². The van der Waals surface area contributed by atoms with Gasteiger partial charge in [0.15, 0.2) is 12.4 Å². The van der Waals surface area contributed by atoms with Gasteiger partial charge in [-0.15, -0.1) is 5.43 Å². The third-order valence-corrected chi connectivity index (χ3v) is 2.70. The second kappa shape index (κ2) is 5.96. The number of nitrogens with one attached hydrogen (secondary N) is 1. The van der Waals surface area contributed by atoms with E-state index < -0.39 is 0 Å². The van der Waals surface area contributed by atoms with Crippen molar-refractivity contribution >= 4 is 5.91 Å². The van der Waals surface area contributed by atoms with Crippen LogP contribution in [-0.2, 0) is 6.42 Å². The molecule has 0 saturated carbocycles. The lowest BCUT2D eigenvalue weighted by Crippen LogP contribution is -2.47. The summed E-state index contributed by atoms with van der Waals surface area (Å²) in [5.74, 6) is -0.103. The molecule has 0 aliphatic carbocycles. The van der Waals surface area contributed by atoms with Crippen molar-refractivity contribution in [1.29, 1.82) is 0 Å². The summed E-state index contributed by atoms with van der Waals surface area (Å²) in [5, 5.41) is 0. The van der Waals surface area contributed by atoms with Gasteiger partial charge in [0.25, 0.3) is 0 Å². The molecule has 1 aromatic carbocycles. The Morgan fingerprint density at radius 3 is 2.39 bits per heavy atom. The molecule has 1 aromatic heterocycles. The van der Waals surface area contributed by atoms with Crippen LogP contribution in [0.3, 0.4) is 0 Å². The smallest absolute Gasteiger partial charge is 0.264 e. The zero-order valence-electron chi connectivity index (χ0n) is 10.5. The number of benzene rings is 1. The lowest BCUT2D eigenvalue weighted by atomic mass is 10.1. The fourth-order valence-corrected chi connectivity index (χ4v) is 1.77. The first-order chi connectivity index (χ1) is 8.79. The highest BCUT2D eigenvalue weighted by Gasteiger charge is 2.09. The van der Waals surface area contributed by atoms with Crippen molar-refractivity contribution in [1.82, 2.24) is 0 Å². The van der Waals surface area contributed by atoms with E-state index in [0.29, 0.717) is 5.56 Å². The number of carbonyl (C=O) groups is 1. The van der Waals surface area contributed by atoms with E-state index in [0.717, 1.165) is 12.8 Å². The zero-order valence-corrected chi connectivity index (χ0v) is 10.5. The number of hydrogen-bond donors (Lipinski definition) is 1. The zero-order chi connectivity index (χ0) is 12.8. The molecule has 0 atom stereocenters. The van der Waals surface area contributed by atoms with Gasteiger partial charge in [0.2, 0.25) is 0 Å². The van der Waals surface area contributed by atoms with E-state index in [2.05, 4.69) is 12.3 Å². The normalized spacial score (nSPS) is 10.1. The third kappa shape index (κ3) is 3.17. The van der Waals surface area contributed by atoms with E-state index in [4.69, 9.17) is 0 Å². The highest BCUT2D eigenvalue weighted by Crippen LogP contribution is 2.06. The minimum absolute atomic E-state index is 0.103. The maximum Gasteiger partial charge on any atom is 0.305 e. The maximum absolute atomic E-state index is 12.0. The Balaban J connectivity index is 2.05. The summed E-state index contributed by atoms with van der Waals surface area (Å²) in [7, 11) is 0. The van der Waals surface area contributed by atoms with Gasteiger partial charge < -0.3 is 0 Å². The highest BCUT2D eigenvalue weighted by molar-refractivity contribution is 5.98. The number of rotatable bonds is 4. The van der Waals surface area contributed by atoms with Crippen LogP contribution in [0.25, 0.3) is 0 Å². The van der Waals surface area contributed by atoms with E-state index >= 15 is 0 Å². The second-order valence-corrected chi connectivity index (χ2v) is 4.17. The van der Waals surface area contributed by atoms with Crippen molar-refractivity contribution in [2.45, 2.75) is 19.8 Å². The van der Waals surface area contributed by atoms with E-state index in [-0.39, 0.29) is 5.91 Å². The number of pyridine rings is 1. The molecule has 1 amide bonds. The van der Waals surface area contributed by atoms with Gasteiger partial charge in [0, 0.05) is 17.7 Å². The molecule has 18 heavy (non-hydrogen) atoms. The van der Waals surface area contributed by atoms with Crippen LogP contribution in [0.4, 0.5) is 0 Å². The van der Waals surface area contributed by atoms with Gasteiger partial charge in [-0.1, -0.05) is 36.2 Å². The van der Waals surface area contributed by atoms with Crippen molar-refractivity contribution in [3.05, 3.63) is 66.0 Å². The van der Waals surface area contributed by atoms with Gasteiger partial charge in [0.05, 0.1) is 0 Å². The Hall–Kier alpha value is -2.16. The van der Waals surface area contributed by atoms with Crippen molar-refractivity contribution in [3.63, 3.8) is 0 Å². The van der Waals surface area contributed by atoms with Crippen molar-refractivity contribution < 1.29 is 9.47 Å². The Morgan fingerprint density at radius 1 is 1.11 bits per heavy atom. The monoisotopic (exact) mass is 241 g/mol. The van der Waals surface area contributed by atoms with Gasteiger partial charge >= 0.3 is 5.91 Å². The lowest BCUT2D eigenvalue weighted by Gasteiger charge is -2.02. The van der Waals surface area contributed by atoms with Gasteiger partial charge in [-0.2, -0.15) is 0 Å². The molecule has 1 heterocycles. The molecule has 3 nitrogen and oxygen atoms in total. The molecule has 0 bridgehead atoms. The van der Waals surface area contributed by atoms with Crippen LogP contribution in [0.5, 0.6) is 0 Å². The average Bonchev–Trinajstić information content (AvgIpc) is 2.41. The predicted molar refractivity (Wildman–Crippen MR) is 70.8 cm³/mol. The summed E-state index contributed by atoms with van der Waals surface area (Å²) < 4.78 is 1.64. The average molecular weight is 241 g/mol. The molecule has 0 fully saturated rings. The molecule has 0 aliphatic rings. The molecule has 0 saturated heterocycles. The predicted octanol–water partition coefficient (Wildman–Crippen LogP) is 2.31. The molecule has 2 rings (SSSR count). The first-order valence-corrected chi connectivity index (χ1v) is 6.16. The molecule has 0 radical (unpaired) electrons.